The van der Waals surface area contributed by atoms with Gasteiger partial charge < -0.3 is 21.0 Å². The molecule has 0 aliphatic rings. The first-order chi connectivity index (χ1) is 8.04. The van der Waals surface area contributed by atoms with Gasteiger partial charge in [0.1, 0.15) is 5.84 Å². The first kappa shape index (κ1) is 16.2. The van der Waals surface area contributed by atoms with E-state index in [1.807, 2.05) is 13.8 Å². The second kappa shape index (κ2) is 9.24. The molecular weight excluding hydrogens is 218 g/mol. The molecule has 4 N–H and O–H groups in total. The quantitative estimate of drug-likeness (QED) is 0.179. The Labute approximate surface area is 104 Å². The smallest absolute Gasteiger partial charge is 0.144 e. The van der Waals surface area contributed by atoms with Gasteiger partial charge in [-0.05, 0) is 32.4 Å². The van der Waals surface area contributed by atoms with Gasteiger partial charge in [0.25, 0.3) is 0 Å². The minimum atomic E-state index is -0.217. The van der Waals surface area contributed by atoms with E-state index in [0.717, 1.165) is 45.4 Å². The summed E-state index contributed by atoms with van der Waals surface area (Å²) < 4.78 is 4.96. The highest BCUT2D eigenvalue weighted by molar-refractivity contribution is 5.85. The van der Waals surface area contributed by atoms with Crippen molar-refractivity contribution in [1.82, 2.24) is 5.32 Å². The van der Waals surface area contributed by atoms with E-state index >= 15 is 0 Å². The van der Waals surface area contributed by atoms with Crippen LogP contribution in [0.2, 0.25) is 0 Å². The van der Waals surface area contributed by atoms with Crippen molar-refractivity contribution in [3.8, 4) is 0 Å². The number of hydrogen-bond donors (Lipinski definition) is 3. The van der Waals surface area contributed by atoms with E-state index in [-0.39, 0.29) is 5.41 Å². The highest BCUT2D eigenvalue weighted by Crippen LogP contribution is 2.22. The van der Waals surface area contributed by atoms with Gasteiger partial charge in [-0.25, -0.2) is 0 Å². The lowest BCUT2D eigenvalue weighted by Gasteiger charge is -2.22. The lowest BCUT2D eigenvalue weighted by atomic mass is 9.86. The molecule has 0 amide bonds. The molecule has 0 aromatic rings. The SMILES string of the molecule is COCCCNCCCCC(C)(C)C(N)=NO. The molecule has 0 radical (unpaired) electrons. The van der Waals surface area contributed by atoms with Crippen LogP contribution >= 0.6 is 0 Å². The number of nitrogens with two attached hydrogens (primary N) is 1. The van der Waals surface area contributed by atoms with Crippen LogP contribution < -0.4 is 11.1 Å². The summed E-state index contributed by atoms with van der Waals surface area (Å²) in [6.07, 6.45) is 4.16. The van der Waals surface area contributed by atoms with Gasteiger partial charge in [0.05, 0.1) is 0 Å². The maximum absolute atomic E-state index is 8.63. The number of methoxy groups -OCH3 is 1. The Balaban J connectivity index is 3.45. The van der Waals surface area contributed by atoms with Crippen molar-refractivity contribution in [2.45, 2.75) is 39.5 Å². The van der Waals surface area contributed by atoms with E-state index in [1.165, 1.54) is 0 Å². The molecule has 0 heterocycles. The van der Waals surface area contributed by atoms with Gasteiger partial charge in [-0.2, -0.15) is 0 Å². The van der Waals surface area contributed by atoms with Crippen molar-refractivity contribution in [3.63, 3.8) is 0 Å². The second-order valence-corrected chi connectivity index (χ2v) is 4.92. The van der Waals surface area contributed by atoms with Gasteiger partial charge >= 0.3 is 0 Å². The van der Waals surface area contributed by atoms with Gasteiger partial charge in [-0.15, -0.1) is 0 Å². The summed E-state index contributed by atoms with van der Waals surface area (Å²) >= 11 is 0. The van der Waals surface area contributed by atoms with E-state index < -0.39 is 0 Å². The molecular formula is C12H27N3O2. The molecule has 0 aromatic heterocycles. The Kier molecular flexibility index (Phi) is 8.80. The summed E-state index contributed by atoms with van der Waals surface area (Å²) in [6.45, 7) is 6.80. The van der Waals surface area contributed by atoms with Gasteiger partial charge in [-0.1, -0.05) is 25.4 Å². The third-order valence-electron chi connectivity index (χ3n) is 2.91. The first-order valence-corrected chi connectivity index (χ1v) is 6.22. The Morgan fingerprint density at radius 1 is 1.29 bits per heavy atom. The maximum Gasteiger partial charge on any atom is 0.144 e. The zero-order valence-electron chi connectivity index (χ0n) is 11.3. The third kappa shape index (κ3) is 7.99. The van der Waals surface area contributed by atoms with Crippen LogP contribution in [-0.2, 0) is 4.74 Å². The molecule has 17 heavy (non-hydrogen) atoms. The molecule has 0 aliphatic heterocycles. The topological polar surface area (TPSA) is 79.9 Å². The summed E-state index contributed by atoms with van der Waals surface area (Å²) in [6, 6.07) is 0. The molecule has 0 aliphatic carbocycles. The van der Waals surface area contributed by atoms with Crippen molar-refractivity contribution < 1.29 is 9.94 Å². The van der Waals surface area contributed by atoms with E-state index in [1.54, 1.807) is 7.11 Å². The van der Waals surface area contributed by atoms with Gasteiger partial charge in [0, 0.05) is 19.1 Å². The Morgan fingerprint density at radius 3 is 2.53 bits per heavy atom. The zero-order valence-corrected chi connectivity index (χ0v) is 11.3. The van der Waals surface area contributed by atoms with E-state index in [4.69, 9.17) is 15.7 Å². The molecule has 0 unspecified atom stereocenters. The highest BCUT2D eigenvalue weighted by Gasteiger charge is 2.22. The average molecular weight is 245 g/mol. The fourth-order valence-corrected chi connectivity index (χ4v) is 1.55. The van der Waals surface area contributed by atoms with Crippen LogP contribution in [0.4, 0.5) is 0 Å². The number of hydrogen-bond acceptors (Lipinski definition) is 4. The molecule has 0 saturated carbocycles. The molecule has 0 saturated heterocycles. The van der Waals surface area contributed by atoms with Gasteiger partial charge in [0.2, 0.25) is 0 Å². The number of oxime groups is 1. The van der Waals surface area contributed by atoms with Crippen LogP contribution in [0.5, 0.6) is 0 Å². The van der Waals surface area contributed by atoms with Crippen molar-refractivity contribution in [3.05, 3.63) is 0 Å². The summed E-state index contributed by atoms with van der Waals surface area (Å²) in [5.74, 6) is 0.311. The molecule has 5 heteroatoms. The minimum absolute atomic E-state index is 0.217. The lowest BCUT2D eigenvalue weighted by Crippen LogP contribution is -2.32. The number of nitrogens with zero attached hydrogens (tertiary/aromatic N) is 1. The maximum atomic E-state index is 8.63. The number of ether oxygens (including phenoxy) is 1. The van der Waals surface area contributed by atoms with Crippen molar-refractivity contribution in [1.29, 1.82) is 0 Å². The summed E-state index contributed by atoms with van der Waals surface area (Å²) in [5.41, 5.74) is 5.40. The van der Waals surface area contributed by atoms with Gasteiger partial charge in [-0.3, -0.25) is 0 Å². The molecule has 0 rings (SSSR count). The normalized spacial score (nSPS) is 13.0. The molecule has 0 fully saturated rings. The van der Waals surface area contributed by atoms with Crippen LogP contribution in [0.15, 0.2) is 5.16 Å². The van der Waals surface area contributed by atoms with Crippen LogP contribution in [0.25, 0.3) is 0 Å². The van der Waals surface area contributed by atoms with Crippen molar-refractivity contribution in [2.75, 3.05) is 26.8 Å². The second-order valence-electron chi connectivity index (χ2n) is 4.92. The first-order valence-electron chi connectivity index (χ1n) is 6.22. The molecule has 5 nitrogen and oxygen atoms in total. The lowest BCUT2D eigenvalue weighted by molar-refractivity contribution is 0.194. The van der Waals surface area contributed by atoms with Crippen LogP contribution in [-0.4, -0.2) is 37.8 Å². The zero-order chi connectivity index (χ0) is 13.1. The fraction of sp³-hybridized carbons (Fsp3) is 0.917. The molecule has 0 spiro atoms. The standard InChI is InChI=1S/C12H27N3O2/c1-12(2,11(13)15-16)7-4-5-8-14-9-6-10-17-3/h14,16H,4-10H2,1-3H3,(H2,13,15). The predicted octanol–water partition coefficient (Wildman–Crippen LogP) is 1.56. The molecule has 102 valence electrons. The Hall–Kier alpha value is -0.810. The summed E-state index contributed by atoms with van der Waals surface area (Å²) in [5, 5.41) is 15.1. The van der Waals surface area contributed by atoms with E-state index in [0.29, 0.717) is 5.84 Å². The number of unbranched alkanes of at least 4 members (excludes halogenated alkanes) is 1. The summed E-state index contributed by atoms with van der Waals surface area (Å²) in [7, 11) is 1.72. The Bertz CT molecular complexity index is 218. The van der Waals surface area contributed by atoms with Gasteiger partial charge in [0.15, 0.2) is 0 Å². The molecule has 0 bridgehead atoms. The number of amidine groups is 1. The van der Waals surface area contributed by atoms with Crippen molar-refractivity contribution >= 4 is 5.84 Å². The largest absolute Gasteiger partial charge is 0.409 e. The average Bonchev–Trinajstić information content (AvgIpc) is 2.31. The third-order valence-corrected chi connectivity index (χ3v) is 2.91. The molecule has 0 atom stereocenters. The number of nitrogens with one attached hydrogen (secondary N) is 1. The minimum Gasteiger partial charge on any atom is -0.409 e. The van der Waals surface area contributed by atoms with E-state index in [2.05, 4.69) is 10.5 Å². The predicted molar refractivity (Wildman–Crippen MR) is 70.4 cm³/mol. The highest BCUT2D eigenvalue weighted by atomic mass is 16.5. The molecule has 0 aromatic carbocycles. The van der Waals surface area contributed by atoms with Crippen LogP contribution in [0.3, 0.4) is 0 Å². The van der Waals surface area contributed by atoms with E-state index in [9.17, 15) is 0 Å². The fourth-order valence-electron chi connectivity index (χ4n) is 1.55. The van der Waals surface area contributed by atoms with Crippen molar-refractivity contribution in [2.24, 2.45) is 16.3 Å². The monoisotopic (exact) mass is 245 g/mol. The number of rotatable bonds is 10. The summed E-state index contributed by atoms with van der Waals surface area (Å²) in [4.78, 5) is 0. The van der Waals surface area contributed by atoms with Crippen LogP contribution in [0, 0.1) is 5.41 Å². The Morgan fingerprint density at radius 2 is 1.94 bits per heavy atom. The van der Waals surface area contributed by atoms with Crippen LogP contribution in [0.1, 0.15) is 39.5 Å².